The summed E-state index contributed by atoms with van der Waals surface area (Å²) >= 11 is 0. The Morgan fingerprint density at radius 3 is 2.82 bits per heavy atom. The van der Waals surface area contributed by atoms with Crippen LogP contribution in [0.5, 0.6) is 0 Å². The Balaban J connectivity index is 1.48. The van der Waals surface area contributed by atoms with Gasteiger partial charge in [-0.15, -0.1) is 5.10 Å². The van der Waals surface area contributed by atoms with Crippen molar-refractivity contribution >= 4 is 17.4 Å². The number of hydrogen-bond donors (Lipinski definition) is 1. The van der Waals surface area contributed by atoms with E-state index in [0.29, 0.717) is 17.6 Å². The van der Waals surface area contributed by atoms with E-state index in [9.17, 15) is 18.0 Å². The van der Waals surface area contributed by atoms with Gasteiger partial charge in [0.15, 0.2) is 5.82 Å². The Labute approximate surface area is 194 Å². The fourth-order valence-electron chi connectivity index (χ4n) is 5.55. The molecule has 11 heteroatoms. The molecule has 1 aliphatic heterocycles. The van der Waals surface area contributed by atoms with E-state index in [1.807, 2.05) is 6.92 Å². The molecule has 3 aromatic rings. The zero-order chi connectivity index (χ0) is 24.3. The number of pyridine rings is 1. The van der Waals surface area contributed by atoms with Crippen molar-refractivity contribution in [3.63, 3.8) is 0 Å². The number of carbonyl (C=O) groups is 1. The van der Waals surface area contributed by atoms with Crippen molar-refractivity contribution in [3.05, 3.63) is 42.4 Å². The van der Waals surface area contributed by atoms with E-state index in [1.165, 1.54) is 16.8 Å². The molecule has 34 heavy (non-hydrogen) atoms. The van der Waals surface area contributed by atoms with Crippen LogP contribution in [0, 0.1) is 5.92 Å². The lowest BCUT2D eigenvalue weighted by Crippen LogP contribution is -2.76. The van der Waals surface area contributed by atoms with Crippen molar-refractivity contribution in [2.75, 3.05) is 12.4 Å². The predicted octanol–water partition coefficient (Wildman–Crippen LogP) is 4.62. The monoisotopic (exact) mass is 474 g/mol. The van der Waals surface area contributed by atoms with Gasteiger partial charge < -0.3 is 9.64 Å². The van der Waals surface area contributed by atoms with Crippen molar-refractivity contribution in [3.8, 4) is 11.4 Å². The zero-order valence-corrected chi connectivity index (χ0v) is 19.0. The molecule has 4 heterocycles. The molecule has 4 atom stereocenters. The second kappa shape index (κ2) is 7.93. The van der Waals surface area contributed by atoms with Gasteiger partial charge in [-0.3, -0.25) is 5.32 Å². The standard InChI is InChI=1S/C23H25F3N6O2/c1-13-7-16-10-22(9-13,14(2)34-3)32(16)21(33)29-19-8-17(18(12-27-19)23(24,25)26)20-28-11-15-5-4-6-31(15)30-20/h4-6,8,11-14,16H,7,9-10H2,1-3H3,(H,27,29,33)/t13-,14-,16?,22?/m0/s1. The lowest BCUT2D eigenvalue weighted by Gasteiger charge is -2.65. The van der Waals surface area contributed by atoms with Crippen molar-refractivity contribution in [1.29, 1.82) is 0 Å². The molecular formula is C23H25F3N6O2. The normalized spacial score (nSPS) is 25.2. The molecule has 3 aromatic heterocycles. The van der Waals surface area contributed by atoms with Gasteiger partial charge in [0.2, 0.25) is 0 Å². The number of likely N-dealkylation sites (tertiary alicyclic amines) is 1. The van der Waals surface area contributed by atoms with Gasteiger partial charge in [-0.25, -0.2) is 19.3 Å². The Bertz CT molecular complexity index is 1240. The minimum Gasteiger partial charge on any atom is -0.379 e. The van der Waals surface area contributed by atoms with E-state index in [2.05, 4.69) is 27.3 Å². The highest BCUT2D eigenvalue weighted by Crippen LogP contribution is 2.52. The summed E-state index contributed by atoms with van der Waals surface area (Å²) in [6, 6.07) is 4.31. The third-order valence-corrected chi connectivity index (χ3v) is 7.11. The molecule has 0 aromatic carbocycles. The van der Waals surface area contributed by atoms with Crippen LogP contribution in [0.2, 0.25) is 0 Å². The SMILES string of the molecule is CO[C@@H](C)C12CC(C[C@H](C)C1)N2C(=O)Nc1cc(-c2ncc3cccn3n2)c(C(F)(F)F)cn1. The molecule has 180 valence electrons. The topological polar surface area (TPSA) is 84.7 Å². The average molecular weight is 474 g/mol. The molecule has 2 aliphatic rings. The number of aromatic nitrogens is 4. The molecule has 0 spiro atoms. The molecule has 2 bridgehead atoms. The number of amides is 2. The highest BCUT2D eigenvalue weighted by atomic mass is 19.4. The Kier molecular flexibility index (Phi) is 5.27. The number of carbonyl (C=O) groups excluding carboxylic acids is 1. The molecular weight excluding hydrogens is 449 g/mol. The number of urea groups is 1. The highest BCUT2D eigenvalue weighted by molar-refractivity contribution is 5.91. The van der Waals surface area contributed by atoms with E-state index in [4.69, 9.17) is 4.74 Å². The minimum absolute atomic E-state index is 0.00226. The molecule has 1 saturated carbocycles. The molecule has 5 rings (SSSR count). The van der Waals surface area contributed by atoms with Gasteiger partial charge in [0.1, 0.15) is 5.82 Å². The molecule has 2 unspecified atom stereocenters. The van der Waals surface area contributed by atoms with Crippen LogP contribution in [-0.2, 0) is 10.9 Å². The third kappa shape index (κ3) is 3.58. The molecule has 2 fully saturated rings. The lowest BCUT2D eigenvalue weighted by molar-refractivity contribution is -0.155. The van der Waals surface area contributed by atoms with Crippen LogP contribution < -0.4 is 5.32 Å². The van der Waals surface area contributed by atoms with Gasteiger partial charge in [-0.05, 0) is 50.3 Å². The summed E-state index contributed by atoms with van der Waals surface area (Å²) in [7, 11) is 1.62. The number of piperidine rings is 1. The second-order valence-corrected chi connectivity index (χ2v) is 9.26. The zero-order valence-electron chi connectivity index (χ0n) is 19.0. The van der Waals surface area contributed by atoms with E-state index in [0.717, 1.165) is 19.3 Å². The van der Waals surface area contributed by atoms with Crippen LogP contribution in [-0.4, -0.2) is 55.3 Å². The van der Waals surface area contributed by atoms with E-state index in [-0.39, 0.29) is 29.4 Å². The molecule has 1 N–H and O–H groups in total. The largest absolute Gasteiger partial charge is 0.418 e. The maximum absolute atomic E-state index is 13.7. The number of ether oxygens (including phenoxy) is 1. The number of halogens is 3. The lowest BCUT2D eigenvalue weighted by atomic mass is 9.62. The summed E-state index contributed by atoms with van der Waals surface area (Å²) in [4.78, 5) is 23.0. The van der Waals surface area contributed by atoms with Crippen LogP contribution in [0.1, 0.15) is 38.7 Å². The fraction of sp³-hybridized carbons (Fsp3) is 0.478. The maximum Gasteiger partial charge on any atom is 0.418 e. The summed E-state index contributed by atoms with van der Waals surface area (Å²) in [6.45, 7) is 4.10. The average Bonchev–Trinajstić information content (AvgIpc) is 3.25. The molecule has 1 aliphatic carbocycles. The van der Waals surface area contributed by atoms with Gasteiger partial charge in [-0.1, -0.05) is 6.92 Å². The number of hydrogen-bond acceptors (Lipinski definition) is 5. The van der Waals surface area contributed by atoms with Crippen LogP contribution in [0.3, 0.4) is 0 Å². The van der Waals surface area contributed by atoms with E-state index >= 15 is 0 Å². The summed E-state index contributed by atoms with van der Waals surface area (Å²) in [5.74, 6) is 0.340. The van der Waals surface area contributed by atoms with Gasteiger partial charge in [-0.2, -0.15) is 13.2 Å². The van der Waals surface area contributed by atoms with E-state index in [1.54, 1.807) is 30.3 Å². The van der Waals surface area contributed by atoms with Crippen LogP contribution in [0.25, 0.3) is 16.9 Å². The van der Waals surface area contributed by atoms with Crippen LogP contribution in [0.15, 0.2) is 36.8 Å². The third-order valence-electron chi connectivity index (χ3n) is 7.11. The molecule has 0 radical (unpaired) electrons. The number of nitrogens with zero attached hydrogens (tertiary/aromatic N) is 5. The van der Waals surface area contributed by atoms with Gasteiger partial charge in [0.05, 0.1) is 28.9 Å². The quantitative estimate of drug-likeness (QED) is 0.597. The summed E-state index contributed by atoms with van der Waals surface area (Å²) < 4.78 is 48.2. The summed E-state index contributed by atoms with van der Waals surface area (Å²) in [5, 5.41) is 6.90. The van der Waals surface area contributed by atoms with Gasteiger partial charge in [0, 0.05) is 31.1 Å². The van der Waals surface area contributed by atoms with Crippen LogP contribution >= 0.6 is 0 Å². The minimum atomic E-state index is -4.66. The highest BCUT2D eigenvalue weighted by Gasteiger charge is 2.61. The maximum atomic E-state index is 13.7. The van der Waals surface area contributed by atoms with Gasteiger partial charge in [0.25, 0.3) is 0 Å². The first-order chi connectivity index (χ1) is 16.1. The summed E-state index contributed by atoms with van der Waals surface area (Å²) in [5.41, 5.74) is -1.02. The van der Waals surface area contributed by atoms with Crippen molar-refractivity contribution in [2.45, 2.75) is 57.0 Å². The first kappa shape index (κ1) is 22.6. The first-order valence-electron chi connectivity index (χ1n) is 11.1. The number of fused-ring (bicyclic) bond motifs is 3. The molecule has 8 nitrogen and oxygen atoms in total. The van der Waals surface area contributed by atoms with Crippen molar-refractivity contribution < 1.29 is 22.7 Å². The van der Waals surface area contributed by atoms with Crippen LogP contribution in [0.4, 0.5) is 23.8 Å². The van der Waals surface area contributed by atoms with Gasteiger partial charge >= 0.3 is 12.2 Å². The Morgan fingerprint density at radius 2 is 2.09 bits per heavy atom. The fourth-order valence-corrected chi connectivity index (χ4v) is 5.55. The predicted molar refractivity (Wildman–Crippen MR) is 118 cm³/mol. The number of anilines is 1. The second-order valence-electron chi connectivity index (χ2n) is 9.26. The van der Waals surface area contributed by atoms with E-state index < -0.39 is 23.3 Å². The Hall–Kier alpha value is -3.21. The Morgan fingerprint density at radius 1 is 1.29 bits per heavy atom. The molecule has 2 amide bonds. The van der Waals surface area contributed by atoms with Crippen molar-refractivity contribution in [1.82, 2.24) is 24.5 Å². The number of nitrogens with one attached hydrogen (secondary N) is 1. The van der Waals surface area contributed by atoms with Crippen molar-refractivity contribution in [2.24, 2.45) is 5.92 Å². The number of rotatable bonds is 4. The first-order valence-corrected chi connectivity index (χ1v) is 11.1. The smallest absolute Gasteiger partial charge is 0.379 e. The molecule has 1 saturated heterocycles. The summed E-state index contributed by atoms with van der Waals surface area (Å²) in [6.07, 6.45) is 1.47. The number of methoxy groups -OCH3 is 1. The number of alkyl halides is 3.